The zero-order chi connectivity index (χ0) is 22.0. The van der Waals surface area contributed by atoms with Gasteiger partial charge in [0, 0.05) is 23.2 Å². The number of carbonyl (C=O) groups is 3. The van der Waals surface area contributed by atoms with Gasteiger partial charge in [-0.25, -0.2) is 4.79 Å². The number of esters is 2. The van der Waals surface area contributed by atoms with Crippen LogP contribution in [0.1, 0.15) is 47.7 Å². The first-order valence-electron chi connectivity index (χ1n) is 10.3. The lowest BCUT2D eigenvalue weighted by Crippen LogP contribution is -2.46. The molecule has 1 heterocycles. The third-order valence-electron chi connectivity index (χ3n) is 5.76. The van der Waals surface area contributed by atoms with Crippen LogP contribution in [0.4, 0.5) is 0 Å². The Labute approximate surface area is 180 Å². The Bertz CT molecular complexity index is 1100. The number of aliphatic imine (C=N–C) groups is 1. The first kappa shape index (κ1) is 20.7. The molecule has 2 aromatic carbocycles. The van der Waals surface area contributed by atoms with Gasteiger partial charge < -0.3 is 9.47 Å². The summed E-state index contributed by atoms with van der Waals surface area (Å²) in [7, 11) is 0. The standard InChI is InChI=1S/C25H23NO5/c1-3-30-20(27)14-25-21(16-10-6-5-7-11-16)19(24(29)31-4-2)15-26-22(25)17-12-8-9-13-18(17)23(25)28/h5-13,15,21H,3-4,14H2,1-2H3. The van der Waals surface area contributed by atoms with Crippen molar-refractivity contribution >= 4 is 23.4 Å². The van der Waals surface area contributed by atoms with Gasteiger partial charge in [0.2, 0.25) is 0 Å². The fraction of sp³-hybridized carbons (Fsp3) is 0.280. The summed E-state index contributed by atoms with van der Waals surface area (Å²) in [5.41, 5.74) is 1.26. The number of ketones is 1. The second-order valence-corrected chi connectivity index (χ2v) is 7.45. The van der Waals surface area contributed by atoms with Crippen molar-refractivity contribution in [2.45, 2.75) is 26.2 Å². The van der Waals surface area contributed by atoms with Gasteiger partial charge in [-0.2, -0.15) is 0 Å². The number of nitrogens with zero attached hydrogens (tertiary/aromatic N) is 1. The van der Waals surface area contributed by atoms with E-state index in [-0.39, 0.29) is 31.0 Å². The van der Waals surface area contributed by atoms with Crippen molar-refractivity contribution in [2.24, 2.45) is 10.4 Å². The molecule has 1 aliphatic heterocycles. The van der Waals surface area contributed by atoms with Crippen LogP contribution >= 0.6 is 0 Å². The summed E-state index contributed by atoms with van der Waals surface area (Å²) >= 11 is 0. The molecule has 6 nitrogen and oxygen atoms in total. The molecule has 1 aliphatic carbocycles. The van der Waals surface area contributed by atoms with E-state index in [2.05, 4.69) is 4.99 Å². The molecule has 2 aliphatic rings. The smallest absolute Gasteiger partial charge is 0.336 e. The molecule has 0 N–H and O–H groups in total. The van der Waals surface area contributed by atoms with Crippen LogP contribution in [-0.4, -0.2) is 36.6 Å². The highest BCUT2D eigenvalue weighted by atomic mass is 16.5. The normalized spacial score (nSPS) is 21.5. The number of carbonyl (C=O) groups excluding carboxylic acids is 3. The monoisotopic (exact) mass is 417 g/mol. The molecule has 4 rings (SSSR count). The van der Waals surface area contributed by atoms with Gasteiger partial charge in [-0.1, -0.05) is 54.6 Å². The largest absolute Gasteiger partial charge is 0.466 e. The first-order valence-corrected chi connectivity index (χ1v) is 10.3. The lowest BCUT2D eigenvalue weighted by atomic mass is 9.62. The zero-order valence-electron chi connectivity index (χ0n) is 17.5. The van der Waals surface area contributed by atoms with Crippen LogP contribution in [0.25, 0.3) is 0 Å². The van der Waals surface area contributed by atoms with Gasteiger partial charge in [0.05, 0.1) is 36.3 Å². The summed E-state index contributed by atoms with van der Waals surface area (Å²) < 4.78 is 10.5. The van der Waals surface area contributed by atoms with Crippen LogP contribution in [0.2, 0.25) is 0 Å². The summed E-state index contributed by atoms with van der Waals surface area (Å²) in [6, 6.07) is 16.4. The molecule has 2 atom stereocenters. The van der Waals surface area contributed by atoms with Gasteiger partial charge in [-0.05, 0) is 19.4 Å². The molecule has 0 spiro atoms. The third kappa shape index (κ3) is 3.28. The van der Waals surface area contributed by atoms with E-state index in [4.69, 9.17) is 9.47 Å². The van der Waals surface area contributed by atoms with Gasteiger partial charge in [-0.3, -0.25) is 14.6 Å². The Morgan fingerprint density at radius 2 is 1.58 bits per heavy atom. The molecule has 158 valence electrons. The van der Waals surface area contributed by atoms with Crippen LogP contribution < -0.4 is 0 Å². The van der Waals surface area contributed by atoms with E-state index in [1.807, 2.05) is 42.5 Å². The predicted molar refractivity (Wildman–Crippen MR) is 115 cm³/mol. The molecule has 6 heteroatoms. The molecular weight excluding hydrogens is 394 g/mol. The highest BCUT2D eigenvalue weighted by Gasteiger charge is 2.60. The summed E-state index contributed by atoms with van der Waals surface area (Å²) in [5, 5.41) is 0. The number of fused-ring (bicyclic) bond motifs is 3. The zero-order valence-corrected chi connectivity index (χ0v) is 17.5. The molecule has 31 heavy (non-hydrogen) atoms. The van der Waals surface area contributed by atoms with Crippen molar-refractivity contribution in [3.05, 3.63) is 83.1 Å². The number of Topliss-reactive ketones (excluding diaryl/α,β-unsaturated/α-hetero) is 1. The molecule has 0 amide bonds. The molecule has 0 fully saturated rings. The van der Waals surface area contributed by atoms with Crippen LogP contribution in [0.3, 0.4) is 0 Å². The molecule has 2 unspecified atom stereocenters. The summed E-state index contributed by atoms with van der Waals surface area (Å²) in [5.74, 6) is -2.03. The van der Waals surface area contributed by atoms with E-state index >= 15 is 0 Å². The minimum atomic E-state index is -1.38. The minimum absolute atomic E-state index is 0.188. The van der Waals surface area contributed by atoms with E-state index in [1.54, 1.807) is 26.0 Å². The molecule has 0 aromatic heterocycles. The van der Waals surface area contributed by atoms with Crippen molar-refractivity contribution in [2.75, 3.05) is 13.2 Å². The van der Waals surface area contributed by atoms with Gasteiger partial charge in [0.1, 0.15) is 0 Å². The molecule has 0 radical (unpaired) electrons. The second-order valence-electron chi connectivity index (χ2n) is 7.45. The van der Waals surface area contributed by atoms with E-state index in [1.165, 1.54) is 6.20 Å². The topological polar surface area (TPSA) is 82.0 Å². The number of rotatable bonds is 6. The minimum Gasteiger partial charge on any atom is -0.466 e. The lowest BCUT2D eigenvalue weighted by molar-refractivity contribution is -0.145. The van der Waals surface area contributed by atoms with E-state index in [0.717, 1.165) is 5.56 Å². The second kappa shape index (κ2) is 8.30. The van der Waals surface area contributed by atoms with Crippen molar-refractivity contribution in [1.29, 1.82) is 0 Å². The molecule has 0 bridgehead atoms. The molecular formula is C25H23NO5. The van der Waals surface area contributed by atoms with Crippen LogP contribution in [0, 0.1) is 5.41 Å². The summed E-state index contributed by atoms with van der Waals surface area (Å²) in [4.78, 5) is 44.2. The van der Waals surface area contributed by atoms with Gasteiger partial charge in [0.15, 0.2) is 5.78 Å². The highest BCUT2D eigenvalue weighted by molar-refractivity contribution is 6.34. The van der Waals surface area contributed by atoms with Crippen molar-refractivity contribution in [3.8, 4) is 0 Å². The van der Waals surface area contributed by atoms with E-state index < -0.39 is 23.3 Å². The Hall–Kier alpha value is -3.54. The first-order chi connectivity index (χ1) is 15.0. The van der Waals surface area contributed by atoms with Gasteiger partial charge in [0.25, 0.3) is 0 Å². The molecule has 0 saturated heterocycles. The lowest BCUT2D eigenvalue weighted by Gasteiger charge is -2.39. The average Bonchev–Trinajstić information content (AvgIpc) is 3.02. The number of hydrogen-bond donors (Lipinski definition) is 0. The average molecular weight is 417 g/mol. The summed E-state index contributed by atoms with van der Waals surface area (Å²) in [6.45, 7) is 3.82. The SMILES string of the molecule is CCOC(=O)CC12C(=O)c3ccccc3C1=NC=C(C(=O)OCC)C2c1ccccc1. The summed E-state index contributed by atoms with van der Waals surface area (Å²) in [6.07, 6.45) is 1.26. The van der Waals surface area contributed by atoms with Gasteiger partial charge >= 0.3 is 11.9 Å². The predicted octanol–water partition coefficient (Wildman–Crippen LogP) is 3.86. The van der Waals surface area contributed by atoms with E-state index in [0.29, 0.717) is 16.8 Å². The van der Waals surface area contributed by atoms with Crippen molar-refractivity contribution < 1.29 is 23.9 Å². The van der Waals surface area contributed by atoms with Gasteiger partial charge in [-0.15, -0.1) is 0 Å². The Morgan fingerprint density at radius 1 is 0.935 bits per heavy atom. The maximum absolute atomic E-state index is 13.9. The Kier molecular flexibility index (Phi) is 5.55. The highest BCUT2D eigenvalue weighted by Crippen LogP contribution is 2.54. The fourth-order valence-corrected chi connectivity index (χ4v) is 4.60. The van der Waals surface area contributed by atoms with Crippen LogP contribution in [0.5, 0.6) is 0 Å². The maximum Gasteiger partial charge on any atom is 0.336 e. The van der Waals surface area contributed by atoms with E-state index in [9.17, 15) is 14.4 Å². The molecule has 2 aromatic rings. The Morgan fingerprint density at radius 3 is 2.26 bits per heavy atom. The Balaban J connectivity index is 1.98. The van der Waals surface area contributed by atoms with Crippen LogP contribution in [-0.2, 0) is 19.1 Å². The number of benzene rings is 2. The number of hydrogen-bond acceptors (Lipinski definition) is 6. The number of ether oxygens (including phenoxy) is 2. The fourth-order valence-electron chi connectivity index (χ4n) is 4.60. The maximum atomic E-state index is 13.9. The molecule has 0 saturated carbocycles. The van der Waals surface area contributed by atoms with Crippen molar-refractivity contribution in [1.82, 2.24) is 0 Å². The quantitative estimate of drug-likeness (QED) is 0.667. The third-order valence-corrected chi connectivity index (χ3v) is 5.76. The van der Waals surface area contributed by atoms with Crippen molar-refractivity contribution in [3.63, 3.8) is 0 Å². The van der Waals surface area contributed by atoms with Crippen LogP contribution in [0.15, 0.2) is 71.4 Å².